The summed E-state index contributed by atoms with van der Waals surface area (Å²) in [4.78, 5) is 4.31. The summed E-state index contributed by atoms with van der Waals surface area (Å²) in [6.07, 6.45) is 0. The monoisotopic (exact) mass is 202 g/mol. The second kappa shape index (κ2) is 3.82. The lowest BCUT2D eigenvalue weighted by molar-refractivity contribution is 0.658. The van der Waals surface area contributed by atoms with Crippen LogP contribution >= 0.6 is 0 Å². The van der Waals surface area contributed by atoms with E-state index in [0.717, 1.165) is 17.2 Å². The van der Waals surface area contributed by atoms with E-state index in [1.165, 1.54) is 0 Å². The van der Waals surface area contributed by atoms with E-state index >= 15 is 0 Å². The molecule has 0 saturated heterocycles. The maximum atomic E-state index is 6.11. The van der Waals surface area contributed by atoms with E-state index in [1.54, 1.807) is 4.68 Å². The third-order valence-corrected chi connectivity index (χ3v) is 2.34. The molecule has 1 aromatic heterocycles. The molecule has 2 N–H and O–H groups in total. The van der Waals surface area contributed by atoms with Crippen molar-refractivity contribution in [2.24, 2.45) is 12.8 Å². The minimum atomic E-state index is -0.211. The van der Waals surface area contributed by atoms with Crippen LogP contribution in [0.4, 0.5) is 0 Å². The lowest BCUT2D eigenvalue weighted by Gasteiger charge is -2.10. The van der Waals surface area contributed by atoms with Gasteiger partial charge in [0.2, 0.25) is 0 Å². The van der Waals surface area contributed by atoms with Crippen molar-refractivity contribution in [3.05, 3.63) is 47.5 Å². The van der Waals surface area contributed by atoms with Crippen LogP contribution in [0.3, 0.4) is 0 Å². The summed E-state index contributed by atoms with van der Waals surface area (Å²) in [5, 5.41) is 4.18. The molecule has 0 amide bonds. The summed E-state index contributed by atoms with van der Waals surface area (Å²) in [6, 6.07) is 9.69. The van der Waals surface area contributed by atoms with Gasteiger partial charge in [-0.15, -0.1) is 0 Å². The highest BCUT2D eigenvalue weighted by molar-refractivity contribution is 5.24. The van der Waals surface area contributed by atoms with Gasteiger partial charge in [0.15, 0.2) is 0 Å². The molecular formula is C11H14N4. The number of nitrogens with two attached hydrogens (primary N) is 1. The zero-order chi connectivity index (χ0) is 10.8. The Labute approximate surface area is 88.8 Å². The van der Waals surface area contributed by atoms with Crippen LogP contribution in [0.15, 0.2) is 30.3 Å². The Morgan fingerprint density at radius 3 is 2.47 bits per heavy atom. The minimum Gasteiger partial charge on any atom is -0.318 e. The van der Waals surface area contributed by atoms with Crippen molar-refractivity contribution >= 4 is 0 Å². The molecule has 0 bridgehead atoms. The van der Waals surface area contributed by atoms with Crippen molar-refractivity contribution in [2.75, 3.05) is 0 Å². The second-order valence-corrected chi connectivity index (χ2v) is 3.53. The quantitative estimate of drug-likeness (QED) is 0.795. The maximum absolute atomic E-state index is 6.11. The Morgan fingerprint density at radius 2 is 1.93 bits per heavy atom. The smallest absolute Gasteiger partial charge is 0.148 e. The number of aromatic nitrogens is 3. The number of hydrogen-bond donors (Lipinski definition) is 1. The number of nitrogens with zero attached hydrogens (tertiary/aromatic N) is 3. The predicted molar refractivity (Wildman–Crippen MR) is 58.2 cm³/mol. The standard InChI is InChI=1S/C11H14N4/c1-8-13-11(15(2)14-8)10(12)9-6-4-3-5-7-9/h3-7,10H,12H2,1-2H3. The highest BCUT2D eigenvalue weighted by atomic mass is 15.3. The van der Waals surface area contributed by atoms with E-state index in [2.05, 4.69) is 10.1 Å². The van der Waals surface area contributed by atoms with Gasteiger partial charge in [0.25, 0.3) is 0 Å². The summed E-state index contributed by atoms with van der Waals surface area (Å²) in [7, 11) is 1.86. The normalized spacial score (nSPS) is 12.7. The van der Waals surface area contributed by atoms with Gasteiger partial charge in [-0.25, -0.2) is 4.98 Å². The zero-order valence-electron chi connectivity index (χ0n) is 8.88. The van der Waals surface area contributed by atoms with Crippen molar-refractivity contribution in [3.8, 4) is 0 Å². The van der Waals surface area contributed by atoms with E-state index < -0.39 is 0 Å². The lowest BCUT2D eigenvalue weighted by Crippen LogP contribution is -2.16. The average molecular weight is 202 g/mol. The lowest BCUT2D eigenvalue weighted by atomic mass is 10.1. The Balaban J connectivity index is 2.36. The number of benzene rings is 1. The number of aryl methyl sites for hydroxylation is 2. The summed E-state index contributed by atoms with van der Waals surface area (Å²) in [5.41, 5.74) is 7.16. The van der Waals surface area contributed by atoms with E-state index in [4.69, 9.17) is 5.73 Å². The molecular weight excluding hydrogens is 188 g/mol. The Hall–Kier alpha value is -1.68. The van der Waals surface area contributed by atoms with Gasteiger partial charge in [-0.2, -0.15) is 5.10 Å². The van der Waals surface area contributed by atoms with E-state index in [1.807, 2.05) is 44.3 Å². The summed E-state index contributed by atoms with van der Waals surface area (Å²) < 4.78 is 1.73. The van der Waals surface area contributed by atoms with Gasteiger partial charge in [-0.05, 0) is 12.5 Å². The first-order valence-corrected chi connectivity index (χ1v) is 4.86. The highest BCUT2D eigenvalue weighted by Crippen LogP contribution is 2.16. The molecule has 1 aromatic carbocycles. The van der Waals surface area contributed by atoms with Crippen LogP contribution in [-0.2, 0) is 7.05 Å². The fourth-order valence-corrected chi connectivity index (χ4v) is 1.61. The molecule has 78 valence electrons. The first-order valence-electron chi connectivity index (χ1n) is 4.86. The first-order chi connectivity index (χ1) is 7.18. The molecule has 0 fully saturated rings. The van der Waals surface area contributed by atoms with Crippen molar-refractivity contribution in [3.63, 3.8) is 0 Å². The molecule has 0 aliphatic carbocycles. The topological polar surface area (TPSA) is 56.7 Å². The fourth-order valence-electron chi connectivity index (χ4n) is 1.61. The van der Waals surface area contributed by atoms with E-state index in [-0.39, 0.29) is 6.04 Å². The zero-order valence-corrected chi connectivity index (χ0v) is 8.88. The third-order valence-electron chi connectivity index (χ3n) is 2.34. The average Bonchev–Trinajstić information content (AvgIpc) is 2.58. The van der Waals surface area contributed by atoms with Crippen molar-refractivity contribution in [1.29, 1.82) is 0 Å². The van der Waals surface area contributed by atoms with Crippen molar-refractivity contribution in [2.45, 2.75) is 13.0 Å². The van der Waals surface area contributed by atoms with Gasteiger partial charge in [0.1, 0.15) is 11.6 Å². The van der Waals surface area contributed by atoms with Gasteiger partial charge < -0.3 is 5.73 Å². The molecule has 2 aromatic rings. The maximum Gasteiger partial charge on any atom is 0.148 e. The molecule has 2 rings (SSSR count). The third kappa shape index (κ3) is 1.89. The Bertz CT molecular complexity index is 447. The Morgan fingerprint density at radius 1 is 1.27 bits per heavy atom. The molecule has 15 heavy (non-hydrogen) atoms. The summed E-state index contributed by atoms with van der Waals surface area (Å²) in [5.74, 6) is 1.54. The van der Waals surface area contributed by atoms with Crippen LogP contribution in [0.5, 0.6) is 0 Å². The molecule has 0 radical (unpaired) electrons. The predicted octanol–water partition coefficient (Wildman–Crippen LogP) is 1.17. The largest absolute Gasteiger partial charge is 0.318 e. The van der Waals surface area contributed by atoms with Gasteiger partial charge in [-0.3, -0.25) is 4.68 Å². The molecule has 4 heteroatoms. The molecule has 0 aliphatic rings. The van der Waals surface area contributed by atoms with Crippen LogP contribution < -0.4 is 5.73 Å². The number of rotatable bonds is 2. The van der Waals surface area contributed by atoms with Crippen molar-refractivity contribution < 1.29 is 0 Å². The molecule has 1 unspecified atom stereocenters. The minimum absolute atomic E-state index is 0.211. The Kier molecular flexibility index (Phi) is 2.51. The highest BCUT2D eigenvalue weighted by Gasteiger charge is 2.14. The van der Waals surface area contributed by atoms with E-state index in [0.29, 0.717) is 0 Å². The van der Waals surface area contributed by atoms with Gasteiger partial charge in [0, 0.05) is 7.05 Å². The molecule has 1 atom stereocenters. The van der Waals surface area contributed by atoms with Gasteiger partial charge in [-0.1, -0.05) is 30.3 Å². The van der Waals surface area contributed by atoms with Gasteiger partial charge >= 0.3 is 0 Å². The van der Waals surface area contributed by atoms with Crippen LogP contribution in [0.2, 0.25) is 0 Å². The molecule has 0 aliphatic heterocycles. The summed E-state index contributed by atoms with van der Waals surface area (Å²) in [6.45, 7) is 1.86. The van der Waals surface area contributed by atoms with Crippen molar-refractivity contribution in [1.82, 2.24) is 14.8 Å². The molecule has 4 nitrogen and oxygen atoms in total. The number of hydrogen-bond acceptors (Lipinski definition) is 3. The van der Waals surface area contributed by atoms with Crippen LogP contribution in [0.25, 0.3) is 0 Å². The summed E-state index contributed by atoms with van der Waals surface area (Å²) >= 11 is 0. The van der Waals surface area contributed by atoms with Crippen LogP contribution in [0, 0.1) is 6.92 Å². The first kappa shape index (κ1) is 9.86. The molecule has 0 spiro atoms. The van der Waals surface area contributed by atoms with Crippen LogP contribution in [0.1, 0.15) is 23.3 Å². The second-order valence-electron chi connectivity index (χ2n) is 3.53. The SMILES string of the molecule is Cc1nc(C(N)c2ccccc2)n(C)n1. The van der Waals surface area contributed by atoms with Gasteiger partial charge in [0.05, 0.1) is 6.04 Å². The molecule has 1 heterocycles. The van der Waals surface area contributed by atoms with E-state index in [9.17, 15) is 0 Å². The molecule has 0 saturated carbocycles. The van der Waals surface area contributed by atoms with Crippen LogP contribution in [-0.4, -0.2) is 14.8 Å². The fraction of sp³-hybridized carbons (Fsp3) is 0.273.